The van der Waals surface area contributed by atoms with Crippen LogP contribution >= 0.6 is 56.3 Å². The molecule has 8 aliphatic rings. The summed E-state index contributed by atoms with van der Waals surface area (Å²) in [4.78, 5) is 0. The van der Waals surface area contributed by atoms with E-state index in [1.54, 1.807) is 12.7 Å². The Balaban J connectivity index is 0.000000188. The summed E-state index contributed by atoms with van der Waals surface area (Å²) in [5, 5.41) is 10.4. The van der Waals surface area contributed by atoms with E-state index in [0.29, 0.717) is 26.7 Å². The Hall–Kier alpha value is 0.887. The van der Waals surface area contributed by atoms with Gasteiger partial charge in [-0.05, 0) is 200 Å². The van der Waals surface area contributed by atoms with Crippen LogP contribution in [0.5, 0.6) is 0 Å². The zero-order chi connectivity index (χ0) is 36.7. The number of aliphatic hydroxyl groups excluding tert-OH is 1. The molecule has 0 aromatic heterocycles. The van der Waals surface area contributed by atoms with Crippen LogP contribution in [0.25, 0.3) is 0 Å². The Morgan fingerprint density at radius 2 is 1.02 bits per heavy atom. The molecule has 8 aliphatic carbocycles. The van der Waals surface area contributed by atoms with E-state index < -0.39 is 7.38 Å². The minimum absolute atomic E-state index is 0. The van der Waals surface area contributed by atoms with Crippen LogP contribution < -0.4 is 0 Å². The average molecular weight is 977 g/mol. The maximum atomic E-state index is 10.0. The molecule has 0 aliphatic heterocycles. The number of aliphatic hydroxyl groups is 1. The maximum absolute atomic E-state index is 10.0. The van der Waals surface area contributed by atoms with Gasteiger partial charge in [-0.1, -0.05) is 119 Å². The van der Waals surface area contributed by atoms with Gasteiger partial charge in [-0.2, -0.15) is 11.1 Å². The maximum Gasteiger partial charge on any atom is 0.155 e. The lowest BCUT2D eigenvalue weighted by molar-refractivity contribution is -0.0268. The molecule has 12 atom stereocenters. The molecular formula is C47H79ClI2OSi. The number of halogens is 3. The molecule has 4 fully saturated rings. The van der Waals surface area contributed by atoms with Crippen LogP contribution in [0, 0.1) is 63.1 Å². The molecule has 1 N–H and O–H groups in total. The van der Waals surface area contributed by atoms with Gasteiger partial charge in [0.25, 0.3) is 0 Å². The number of rotatable bonds is 0. The van der Waals surface area contributed by atoms with Crippen LogP contribution in [0.3, 0.4) is 0 Å². The summed E-state index contributed by atoms with van der Waals surface area (Å²) >= 11 is 11.4. The second-order valence-corrected chi connectivity index (χ2v) is 30.6. The highest BCUT2D eigenvalue weighted by Gasteiger charge is 2.57. The fourth-order valence-electron chi connectivity index (χ4n) is 12.5. The molecule has 8 rings (SSSR count). The van der Waals surface area contributed by atoms with Crippen molar-refractivity contribution < 1.29 is 5.11 Å². The summed E-state index contributed by atoms with van der Waals surface area (Å²) in [6.07, 6.45) is 28.6. The molecule has 0 radical (unpaired) electrons. The van der Waals surface area contributed by atoms with Gasteiger partial charge in [-0.15, -0.1) is 0 Å². The molecule has 6 unspecified atom stereocenters. The summed E-state index contributed by atoms with van der Waals surface area (Å²) in [6.45, 7) is 23.6. The molecule has 0 aromatic rings. The van der Waals surface area contributed by atoms with Gasteiger partial charge < -0.3 is 5.11 Å². The third kappa shape index (κ3) is 7.99. The SMILES string of the molecule is C.C.CC(C)(C)[Si](C)(C)Cl.C[C@H]1CC[C@@]2(C)C(=CCC3C2CC[C@]2(C)C(I)=CCC32)C1.C[C@]12CC[C@H](O)CC1=CCC1C2CC[C@]2(C)C(I)=CCC12. The largest absolute Gasteiger partial charge is 0.393 e. The van der Waals surface area contributed by atoms with Gasteiger partial charge >= 0.3 is 0 Å². The molecule has 0 amide bonds. The molecule has 5 heteroatoms. The van der Waals surface area contributed by atoms with Gasteiger partial charge in [0, 0.05) is 10.8 Å². The van der Waals surface area contributed by atoms with Gasteiger partial charge in [0.2, 0.25) is 0 Å². The van der Waals surface area contributed by atoms with Gasteiger partial charge in [0.05, 0.1) is 6.10 Å². The first-order chi connectivity index (χ1) is 23.1. The van der Waals surface area contributed by atoms with Crippen LogP contribution in [-0.4, -0.2) is 18.6 Å². The second kappa shape index (κ2) is 16.3. The third-order valence-corrected chi connectivity index (χ3v) is 25.8. The second-order valence-electron chi connectivity index (χ2n) is 21.0. The highest BCUT2D eigenvalue weighted by molar-refractivity contribution is 14.1. The van der Waals surface area contributed by atoms with Crippen molar-refractivity contribution in [2.45, 2.75) is 184 Å². The Morgan fingerprint density at radius 1 is 0.635 bits per heavy atom. The van der Waals surface area contributed by atoms with E-state index in [4.69, 9.17) is 11.1 Å². The van der Waals surface area contributed by atoms with E-state index in [2.05, 4.69) is 138 Å². The number of hydrogen-bond donors (Lipinski definition) is 1. The highest BCUT2D eigenvalue weighted by atomic mass is 127. The number of fused-ring (bicyclic) bond motifs is 10. The Bertz CT molecular complexity index is 1310. The standard InChI is InChI=1S/C20H29I.C19H27IO.C6H15ClSi.2CH4/c1-13-8-10-19(2)14(12-13)4-5-15-16-6-7-18(21)20(16,3)11-9-17(15)19;1-18-9-7-13(21)11-12(18)3-4-14-15-5-6-17(20)19(15,2)10-8-16(14)18;1-6(2,3)8(4,5)7;;/h4,7,13,15-17H,5-6,8-12H2,1-3H3;3,6,13-16,21H,4-5,7-11H2,1-2H3;1-5H3;2*1H4/t13-,15?,16?,17?,19-,20-;13-,14?,15?,16?,18-,19-;;;/m00.../s1. The molecular weight excluding hydrogens is 898 g/mol. The zero-order valence-electron chi connectivity index (χ0n) is 33.4. The van der Waals surface area contributed by atoms with Gasteiger partial charge in [0.15, 0.2) is 7.38 Å². The highest BCUT2D eigenvalue weighted by Crippen LogP contribution is 2.67. The van der Waals surface area contributed by atoms with E-state index in [9.17, 15) is 5.11 Å². The topological polar surface area (TPSA) is 20.2 Å². The Kier molecular flexibility index (Phi) is 14.3. The summed E-state index contributed by atoms with van der Waals surface area (Å²) < 4.78 is 3.29. The third-order valence-electron chi connectivity index (χ3n) is 17.2. The van der Waals surface area contributed by atoms with Crippen molar-refractivity contribution >= 4 is 63.6 Å². The van der Waals surface area contributed by atoms with Gasteiger partial charge in [0.1, 0.15) is 0 Å². The minimum atomic E-state index is -1.39. The molecule has 4 saturated carbocycles. The van der Waals surface area contributed by atoms with Crippen LogP contribution in [0.4, 0.5) is 0 Å². The minimum Gasteiger partial charge on any atom is -0.393 e. The van der Waals surface area contributed by atoms with E-state index >= 15 is 0 Å². The predicted molar refractivity (Wildman–Crippen MR) is 250 cm³/mol. The molecule has 0 spiro atoms. The van der Waals surface area contributed by atoms with E-state index in [-0.39, 0.29) is 21.0 Å². The normalized spacial score (nSPS) is 44.5. The first-order valence-corrected chi connectivity index (χ1v) is 26.8. The van der Waals surface area contributed by atoms with Gasteiger partial charge in [-0.3, -0.25) is 0 Å². The lowest BCUT2D eigenvalue weighted by Gasteiger charge is -2.57. The van der Waals surface area contributed by atoms with E-state index in [0.717, 1.165) is 54.3 Å². The van der Waals surface area contributed by atoms with Crippen molar-refractivity contribution in [2.24, 2.45) is 63.1 Å². The van der Waals surface area contributed by atoms with Crippen LogP contribution in [-0.2, 0) is 0 Å². The first kappa shape index (κ1) is 45.6. The quantitative estimate of drug-likeness (QED) is 0.111. The van der Waals surface area contributed by atoms with Crippen molar-refractivity contribution in [3.8, 4) is 0 Å². The molecule has 0 heterocycles. The molecule has 0 bridgehead atoms. The van der Waals surface area contributed by atoms with Crippen molar-refractivity contribution in [2.75, 3.05) is 0 Å². The van der Waals surface area contributed by atoms with Crippen molar-refractivity contribution in [3.05, 3.63) is 42.6 Å². The zero-order valence-corrected chi connectivity index (χ0v) is 39.5. The van der Waals surface area contributed by atoms with E-state index in [1.165, 1.54) is 77.0 Å². The summed E-state index contributed by atoms with van der Waals surface area (Å²) in [7, 11) is -1.39. The van der Waals surface area contributed by atoms with Crippen molar-refractivity contribution in [1.82, 2.24) is 0 Å². The monoisotopic (exact) mass is 976 g/mol. The Labute approximate surface area is 355 Å². The van der Waals surface area contributed by atoms with Crippen molar-refractivity contribution in [3.63, 3.8) is 0 Å². The molecule has 0 aromatic carbocycles. The van der Waals surface area contributed by atoms with Gasteiger partial charge in [-0.25, -0.2) is 0 Å². The fraction of sp³-hybridized carbons (Fsp3) is 0.830. The lowest BCUT2D eigenvalue weighted by atomic mass is 9.47. The lowest BCUT2D eigenvalue weighted by Crippen LogP contribution is -2.49. The van der Waals surface area contributed by atoms with Crippen LogP contribution in [0.2, 0.25) is 18.1 Å². The molecule has 1 nitrogen and oxygen atoms in total. The summed E-state index contributed by atoms with van der Waals surface area (Å²) in [5.74, 6) is 6.37. The molecule has 0 saturated heterocycles. The van der Waals surface area contributed by atoms with Crippen LogP contribution in [0.15, 0.2) is 42.6 Å². The number of hydrogen-bond acceptors (Lipinski definition) is 1. The Morgan fingerprint density at radius 3 is 1.44 bits per heavy atom. The molecule has 52 heavy (non-hydrogen) atoms. The average Bonchev–Trinajstić information content (AvgIpc) is 3.51. The molecule has 298 valence electrons. The predicted octanol–water partition coefficient (Wildman–Crippen LogP) is 16.3. The van der Waals surface area contributed by atoms with E-state index in [1.807, 2.05) is 5.57 Å². The fourth-order valence-corrected chi connectivity index (χ4v) is 14.4. The smallest absolute Gasteiger partial charge is 0.155 e. The summed E-state index contributed by atoms with van der Waals surface area (Å²) in [6, 6.07) is 0. The first-order valence-electron chi connectivity index (χ1n) is 20.6. The summed E-state index contributed by atoms with van der Waals surface area (Å²) in [5.41, 5.74) is 5.35. The van der Waals surface area contributed by atoms with Crippen LogP contribution in [0.1, 0.15) is 160 Å². The van der Waals surface area contributed by atoms with Crippen molar-refractivity contribution in [1.29, 1.82) is 0 Å². The number of allylic oxidation sites excluding steroid dienone is 7.